The zero-order valence-electron chi connectivity index (χ0n) is 15.1. The fourth-order valence-corrected chi connectivity index (χ4v) is 3.61. The Kier molecular flexibility index (Phi) is 6.50. The predicted octanol–water partition coefficient (Wildman–Crippen LogP) is 2.00. The van der Waals surface area contributed by atoms with Gasteiger partial charge in [-0.2, -0.15) is 0 Å². The highest BCUT2D eigenvalue weighted by Gasteiger charge is 2.42. The van der Waals surface area contributed by atoms with Gasteiger partial charge < -0.3 is 20.4 Å². The number of nitrogens with zero attached hydrogens (tertiary/aromatic N) is 1. The van der Waals surface area contributed by atoms with Gasteiger partial charge in [0.15, 0.2) is 0 Å². The molecule has 2 aromatic rings. The van der Waals surface area contributed by atoms with Gasteiger partial charge in [-0.3, -0.25) is 4.79 Å². The molecule has 0 unspecified atom stereocenters. The van der Waals surface area contributed by atoms with E-state index in [1.54, 1.807) is 11.0 Å². The van der Waals surface area contributed by atoms with Gasteiger partial charge in [-0.1, -0.05) is 54.1 Å². The third-order valence-electron chi connectivity index (χ3n) is 4.96. The molecular weight excluding hydrogens is 364 g/mol. The first-order valence-corrected chi connectivity index (χ1v) is 9.51. The van der Waals surface area contributed by atoms with Crippen molar-refractivity contribution in [1.82, 2.24) is 10.2 Å². The van der Waals surface area contributed by atoms with Gasteiger partial charge in [0.05, 0.1) is 19.1 Å². The molecule has 2 atom stereocenters. The van der Waals surface area contributed by atoms with Gasteiger partial charge in [0, 0.05) is 24.7 Å². The summed E-state index contributed by atoms with van der Waals surface area (Å²) in [6.45, 7) is 1.27. The van der Waals surface area contributed by atoms with E-state index >= 15 is 0 Å². The molecule has 0 radical (unpaired) electrons. The quantitative estimate of drug-likeness (QED) is 0.707. The van der Waals surface area contributed by atoms with Gasteiger partial charge in [0.25, 0.3) is 0 Å². The summed E-state index contributed by atoms with van der Waals surface area (Å²) in [6, 6.07) is 17.0. The first-order chi connectivity index (χ1) is 13.0. The summed E-state index contributed by atoms with van der Waals surface area (Å²) in [5.74, 6) is -0.0404. The fourth-order valence-electron chi connectivity index (χ4n) is 3.40. The molecule has 5 nitrogen and oxygen atoms in total. The van der Waals surface area contributed by atoms with Crippen LogP contribution in [0.25, 0.3) is 0 Å². The molecule has 0 bridgehead atoms. The summed E-state index contributed by atoms with van der Waals surface area (Å²) in [5.41, 5.74) is 0.563. The van der Waals surface area contributed by atoms with Crippen LogP contribution >= 0.6 is 11.6 Å². The Morgan fingerprint density at radius 1 is 1.19 bits per heavy atom. The highest BCUT2D eigenvalue weighted by molar-refractivity contribution is 6.30. The minimum absolute atomic E-state index is 0.0404. The van der Waals surface area contributed by atoms with Crippen LogP contribution in [0.4, 0.5) is 0 Å². The van der Waals surface area contributed by atoms with Crippen molar-refractivity contribution >= 4 is 17.5 Å². The second-order valence-corrected chi connectivity index (χ2v) is 7.56. The van der Waals surface area contributed by atoms with Crippen molar-refractivity contribution in [1.29, 1.82) is 0 Å². The third kappa shape index (κ3) is 5.30. The number of carbonyl (C=O) groups is 1. The maximum Gasteiger partial charge on any atom is 0.227 e. The molecule has 0 saturated carbocycles. The van der Waals surface area contributed by atoms with E-state index in [9.17, 15) is 15.0 Å². The van der Waals surface area contributed by atoms with Crippen molar-refractivity contribution < 1.29 is 15.0 Å². The first-order valence-electron chi connectivity index (χ1n) is 9.13. The highest BCUT2D eigenvalue weighted by atomic mass is 35.5. The minimum atomic E-state index is -1.37. The molecule has 1 aliphatic rings. The largest absolute Gasteiger partial charge is 0.390 e. The molecule has 1 saturated heterocycles. The maximum absolute atomic E-state index is 12.6. The van der Waals surface area contributed by atoms with Crippen molar-refractivity contribution in [2.24, 2.45) is 0 Å². The van der Waals surface area contributed by atoms with Crippen LogP contribution < -0.4 is 5.32 Å². The second-order valence-electron chi connectivity index (χ2n) is 7.12. The van der Waals surface area contributed by atoms with E-state index < -0.39 is 11.7 Å². The maximum atomic E-state index is 12.6. The van der Waals surface area contributed by atoms with E-state index in [2.05, 4.69) is 5.32 Å². The molecule has 3 N–H and O–H groups in total. The van der Waals surface area contributed by atoms with Crippen LogP contribution in [0.5, 0.6) is 0 Å². The van der Waals surface area contributed by atoms with Crippen molar-refractivity contribution in [3.8, 4) is 0 Å². The van der Waals surface area contributed by atoms with E-state index in [1.807, 2.05) is 48.5 Å². The van der Waals surface area contributed by atoms with Crippen molar-refractivity contribution in [3.63, 3.8) is 0 Å². The normalized spacial score (nSPS) is 22.6. The Bertz CT molecular complexity index is 771. The molecule has 0 spiro atoms. The lowest BCUT2D eigenvalue weighted by Gasteiger charge is -2.43. The van der Waals surface area contributed by atoms with Gasteiger partial charge in [-0.15, -0.1) is 0 Å². The molecule has 6 heteroatoms. The van der Waals surface area contributed by atoms with Gasteiger partial charge in [0.2, 0.25) is 5.91 Å². The summed E-state index contributed by atoms with van der Waals surface area (Å²) in [7, 11) is 0. The smallest absolute Gasteiger partial charge is 0.227 e. The molecule has 2 aromatic carbocycles. The zero-order valence-corrected chi connectivity index (χ0v) is 15.9. The molecule has 27 heavy (non-hydrogen) atoms. The number of β-amino-alcohol motifs (C(OH)–C–C–N with tert-alkyl or cyclic N) is 1. The molecular formula is C21H25ClN2O3. The van der Waals surface area contributed by atoms with E-state index in [0.717, 1.165) is 11.1 Å². The second kappa shape index (κ2) is 8.85. The number of halogens is 1. The van der Waals surface area contributed by atoms with Crippen LogP contribution in [0, 0.1) is 0 Å². The Balaban J connectivity index is 1.57. The Morgan fingerprint density at radius 2 is 1.93 bits per heavy atom. The van der Waals surface area contributed by atoms with Crippen LogP contribution in [0.3, 0.4) is 0 Å². The van der Waals surface area contributed by atoms with Crippen molar-refractivity contribution in [2.75, 3.05) is 19.6 Å². The molecule has 1 aliphatic heterocycles. The summed E-state index contributed by atoms with van der Waals surface area (Å²) >= 11 is 5.98. The monoisotopic (exact) mass is 388 g/mol. The summed E-state index contributed by atoms with van der Waals surface area (Å²) in [5, 5.41) is 25.1. The Labute approximate surface area is 164 Å². The lowest BCUT2D eigenvalue weighted by Crippen LogP contribution is -2.62. The number of aliphatic hydroxyl groups is 2. The van der Waals surface area contributed by atoms with Crippen LogP contribution in [-0.4, -0.2) is 52.4 Å². The number of benzene rings is 2. The number of likely N-dealkylation sites (tertiary alicyclic amines) is 1. The number of nitrogens with one attached hydrogen (secondary N) is 1. The van der Waals surface area contributed by atoms with Gasteiger partial charge in [-0.25, -0.2) is 0 Å². The van der Waals surface area contributed by atoms with Crippen LogP contribution in [0.15, 0.2) is 54.6 Å². The van der Waals surface area contributed by atoms with Crippen molar-refractivity contribution in [3.05, 3.63) is 70.7 Å². The highest BCUT2D eigenvalue weighted by Crippen LogP contribution is 2.22. The molecule has 1 fully saturated rings. The summed E-state index contributed by atoms with van der Waals surface area (Å²) in [6.07, 6.45) is -0.219. The number of aliphatic hydroxyl groups excluding tert-OH is 1. The Hall–Kier alpha value is -1.92. The van der Waals surface area contributed by atoms with E-state index in [4.69, 9.17) is 11.6 Å². The number of piperidine rings is 1. The standard InChI is InChI=1S/C21H25ClN2O3/c22-18-8-4-7-17(11-18)13-23-14-21(27)15-24(10-9-19(21)25)20(26)12-16-5-2-1-3-6-16/h1-8,11,19,23,25,27H,9-10,12-15H2/t19-,21+/m0/s1. The molecule has 0 aliphatic carbocycles. The zero-order chi connectivity index (χ0) is 19.3. The van der Waals surface area contributed by atoms with Crippen LogP contribution in [-0.2, 0) is 17.8 Å². The first kappa shape index (κ1) is 19.8. The summed E-state index contributed by atoms with van der Waals surface area (Å²) < 4.78 is 0. The third-order valence-corrected chi connectivity index (χ3v) is 5.19. The number of hydrogen-bond acceptors (Lipinski definition) is 4. The molecule has 0 aromatic heterocycles. The molecule has 1 heterocycles. The number of carbonyl (C=O) groups excluding carboxylic acids is 1. The predicted molar refractivity (Wildman–Crippen MR) is 105 cm³/mol. The van der Waals surface area contributed by atoms with Gasteiger partial charge in [-0.05, 0) is 29.7 Å². The van der Waals surface area contributed by atoms with Gasteiger partial charge in [0.1, 0.15) is 5.60 Å². The molecule has 144 valence electrons. The molecule has 3 rings (SSSR count). The Morgan fingerprint density at radius 3 is 2.67 bits per heavy atom. The SMILES string of the molecule is O=C(Cc1ccccc1)N1CC[C@H](O)[C@@](O)(CNCc2cccc(Cl)c2)C1. The fraction of sp³-hybridized carbons (Fsp3) is 0.381. The lowest BCUT2D eigenvalue weighted by atomic mass is 9.89. The van der Waals surface area contributed by atoms with Crippen LogP contribution in [0.1, 0.15) is 17.5 Å². The van der Waals surface area contributed by atoms with Gasteiger partial charge >= 0.3 is 0 Å². The topological polar surface area (TPSA) is 72.8 Å². The summed E-state index contributed by atoms with van der Waals surface area (Å²) in [4.78, 5) is 14.2. The average molecular weight is 389 g/mol. The number of amides is 1. The average Bonchev–Trinajstić information content (AvgIpc) is 2.65. The van der Waals surface area contributed by atoms with E-state index in [0.29, 0.717) is 31.0 Å². The van der Waals surface area contributed by atoms with E-state index in [-0.39, 0.29) is 19.0 Å². The number of rotatable bonds is 6. The minimum Gasteiger partial charge on any atom is -0.390 e. The van der Waals surface area contributed by atoms with Crippen LogP contribution in [0.2, 0.25) is 5.02 Å². The van der Waals surface area contributed by atoms with E-state index in [1.165, 1.54) is 0 Å². The van der Waals surface area contributed by atoms with Crippen molar-refractivity contribution in [2.45, 2.75) is 31.1 Å². The lowest BCUT2D eigenvalue weighted by molar-refractivity contribution is -0.150. The molecule has 1 amide bonds. The number of hydrogen-bond donors (Lipinski definition) is 3.